The third kappa shape index (κ3) is 3.85. The molecule has 1 aliphatic rings. The highest BCUT2D eigenvalue weighted by Crippen LogP contribution is 2.27. The topological polar surface area (TPSA) is 67.6 Å². The van der Waals surface area contributed by atoms with Gasteiger partial charge in [0.1, 0.15) is 11.5 Å². The van der Waals surface area contributed by atoms with Gasteiger partial charge in [-0.25, -0.2) is 0 Å². The molecule has 2 aromatic rings. The van der Waals surface area contributed by atoms with Crippen LogP contribution in [0.3, 0.4) is 0 Å². The molecule has 1 atom stereocenters. The molecular formula is C19H25N3O3. The second-order valence-electron chi connectivity index (χ2n) is 6.47. The predicted octanol–water partition coefficient (Wildman–Crippen LogP) is 2.58. The van der Waals surface area contributed by atoms with E-state index >= 15 is 0 Å². The summed E-state index contributed by atoms with van der Waals surface area (Å²) in [5, 5.41) is 2.97. The Morgan fingerprint density at radius 1 is 1.48 bits per heavy atom. The van der Waals surface area contributed by atoms with Crippen molar-refractivity contribution in [1.82, 2.24) is 15.2 Å². The summed E-state index contributed by atoms with van der Waals surface area (Å²) in [6.45, 7) is 5.99. The summed E-state index contributed by atoms with van der Waals surface area (Å²) in [5.74, 6) is 1.69. The van der Waals surface area contributed by atoms with Crippen molar-refractivity contribution in [2.75, 3.05) is 13.7 Å². The molecule has 0 unspecified atom stereocenters. The lowest BCUT2D eigenvalue weighted by Crippen LogP contribution is -2.42. The number of aryl methyl sites for hydroxylation is 1. The number of methoxy groups -OCH3 is 1. The van der Waals surface area contributed by atoms with Gasteiger partial charge in [-0.2, -0.15) is 0 Å². The zero-order valence-electron chi connectivity index (χ0n) is 15.0. The molecule has 3 rings (SSSR count). The Bertz CT molecular complexity index is 728. The van der Waals surface area contributed by atoms with E-state index in [2.05, 4.69) is 15.2 Å². The monoisotopic (exact) mass is 343 g/mol. The standard InChI is InChI=1S/C19H25N3O3/c1-13-10-20-16(14(2)18(13)24-3)12-22-8-4-7-17(22)19(23)21-11-15-6-5-9-25-15/h5-6,9-10,17H,4,7-8,11-12H2,1-3H3,(H,21,23)/t17-/m1/s1. The maximum Gasteiger partial charge on any atom is 0.237 e. The average molecular weight is 343 g/mol. The van der Waals surface area contributed by atoms with Crippen molar-refractivity contribution in [2.24, 2.45) is 0 Å². The van der Waals surface area contributed by atoms with Crippen LogP contribution in [0.4, 0.5) is 0 Å². The van der Waals surface area contributed by atoms with Crippen molar-refractivity contribution in [1.29, 1.82) is 0 Å². The van der Waals surface area contributed by atoms with Crippen LogP contribution in [0.15, 0.2) is 29.0 Å². The Labute approximate surface area is 148 Å². The van der Waals surface area contributed by atoms with E-state index in [-0.39, 0.29) is 11.9 Å². The molecular weight excluding hydrogens is 318 g/mol. The number of hydrogen-bond acceptors (Lipinski definition) is 5. The molecule has 134 valence electrons. The summed E-state index contributed by atoms with van der Waals surface area (Å²) in [5.41, 5.74) is 3.04. The lowest BCUT2D eigenvalue weighted by atomic mass is 10.1. The van der Waals surface area contributed by atoms with Crippen LogP contribution < -0.4 is 10.1 Å². The number of furan rings is 1. The van der Waals surface area contributed by atoms with Gasteiger partial charge in [-0.1, -0.05) is 0 Å². The summed E-state index contributed by atoms with van der Waals surface area (Å²) in [6.07, 6.45) is 5.33. The molecule has 0 saturated carbocycles. The first-order valence-electron chi connectivity index (χ1n) is 8.63. The lowest BCUT2D eigenvalue weighted by Gasteiger charge is -2.24. The minimum Gasteiger partial charge on any atom is -0.496 e. The highest BCUT2D eigenvalue weighted by molar-refractivity contribution is 5.81. The Morgan fingerprint density at radius 3 is 3.04 bits per heavy atom. The van der Waals surface area contributed by atoms with E-state index < -0.39 is 0 Å². The van der Waals surface area contributed by atoms with E-state index in [4.69, 9.17) is 9.15 Å². The fourth-order valence-corrected chi connectivity index (χ4v) is 3.44. The van der Waals surface area contributed by atoms with Crippen LogP contribution in [0.25, 0.3) is 0 Å². The van der Waals surface area contributed by atoms with Gasteiger partial charge in [0.25, 0.3) is 0 Å². The molecule has 6 nitrogen and oxygen atoms in total. The van der Waals surface area contributed by atoms with Gasteiger partial charge in [-0.15, -0.1) is 0 Å². The number of carbonyl (C=O) groups is 1. The van der Waals surface area contributed by atoms with E-state index in [1.807, 2.05) is 32.2 Å². The minimum absolute atomic E-state index is 0.0469. The number of pyridine rings is 1. The third-order valence-corrected chi connectivity index (χ3v) is 4.79. The predicted molar refractivity (Wildman–Crippen MR) is 94.2 cm³/mol. The highest BCUT2D eigenvalue weighted by atomic mass is 16.5. The first-order valence-corrected chi connectivity index (χ1v) is 8.63. The van der Waals surface area contributed by atoms with Crippen LogP contribution in [0.2, 0.25) is 0 Å². The van der Waals surface area contributed by atoms with Gasteiger partial charge >= 0.3 is 0 Å². The summed E-state index contributed by atoms with van der Waals surface area (Å²) in [4.78, 5) is 19.3. The SMILES string of the molecule is COc1c(C)cnc(CN2CCC[C@@H]2C(=O)NCc2ccco2)c1C. The lowest BCUT2D eigenvalue weighted by molar-refractivity contribution is -0.125. The molecule has 1 N–H and O–H groups in total. The zero-order valence-corrected chi connectivity index (χ0v) is 15.0. The molecule has 1 aliphatic heterocycles. The molecule has 0 aromatic carbocycles. The molecule has 1 fully saturated rings. The number of amides is 1. The van der Waals surface area contributed by atoms with Crippen molar-refractivity contribution in [2.45, 2.75) is 45.8 Å². The van der Waals surface area contributed by atoms with E-state index in [1.165, 1.54) is 0 Å². The normalized spacial score (nSPS) is 17.6. The van der Waals surface area contributed by atoms with Crippen molar-refractivity contribution >= 4 is 5.91 Å². The zero-order chi connectivity index (χ0) is 17.8. The second-order valence-corrected chi connectivity index (χ2v) is 6.47. The summed E-state index contributed by atoms with van der Waals surface area (Å²) >= 11 is 0. The number of nitrogens with zero attached hydrogens (tertiary/aromatic N) is 2. The molecule has 0 aliphatic carbocycles. The molecule has 3 heterocycles. The maximum absolute atomic E-state index is 12.6. The molecule has 0 radical (unpaired) electrons. The van der Waals surface area contributed by atoms with Crippen molar-refractivity contribution in [3.05, 3.63) is 47.2 Å². The van der Waals surface area contributed by atoms with E-state index in [1.54, 1.807) is 13.4 Å². The van der Waals surface area contributed by atoms with E-state index in [0.717, 1.165) is 47.7 Å². The van der Waals surface area contributed by atoms with Crippen molar-refractivity contribution in [3.8, 4) is 5.75 Å². The van der Waals surface area contributed by atoms with Gasteiger partial charge in [0, 0.05) is 23.9 Å². The van der Waals surface area contributed by atoms with Gasteiger partial charge in [-0.05, 0) is 45.4 Å². The number of aromatic nitrogens is 1. The molecule has 6 heteroatoms. The molecule has 1 amide bonds. The number of carbonyl (C=O) groups excluding carboxylic acids is 1. The van der Waals surface area contributed by atoms with Gasteiger partial charge < -0.3 is 14.5 Å². The number of rotatable bonds is 6. The van der Waals surface area contributed by atoms with Crippen LogP contribution in [0.5, 0.6) is 5.75 Å². The van der Waals surface area contributed by atoms with Crippen LogP contribution in [0, 0.1) is 13.8 Å². The van der Waals surface area contributed by atoms with Crippen molar-refractivity contribution in [3.63, 3.8) is 0 Å². The first-order chi connectivity index (χ1) is 12.1. The quantitative estimate of drug-likeness (QED) is 0.873. The average Bonchev–Trinajstić information content (AvgIpc) is 3.27. The Morgan fingerprint density at radius 2 is 2.32 bits per heavy atom. The Balaban J connectivity index is 1.66. The van der Waals surface area contributed by atoms with Gasteiger partial charge in [0.15, 0.2) is 0 Å². The molecule has 1 saturated heterocycles. The second kappa shape index (κ2) is 7.70. The fourth-order valence-electron chi connectivity index (χ4n) is 3.44. The molecule has 0 spiro atoms. The summed E-state index contributed by atoms with van der Waals surface area (Å²) in [6, 6.07) is 3.56. The highest BCUT2D eigenvalue weighted by Gasteiger charge is 2.31. The number of ether oxygens (including phenoxy) is 1. The minimum atomic E-state index is -0.122. The first kappa shape index (κ1) is 17.5. The van der Waals surface area contributed by atoms with Crippen molar-refractivity contribution < 1.29 is 13.9 Å². The largest absolute Gasteiger partial charge is 0.496 e. The van der Waals surface area contributed by atoms with Gasteiger partial charge in [0.05, 0.1) is 31.7 Å². The number of hydrogen-bond donors (Lipinski definition) is 1. The van der Waals surface area contributed by atoms with Gasteiger partial charge in [-0.3, -0.25) is 14.7 Å². The number of nitrogens with one attached hydrogen (secondary N) is 1. The van der Waals surface area contributed by atoms with Crippen LogP contribution in [-0.2, 0) is 17.9 Å². The maximum atomic E-state index is 12.6. The van der Waals surface area contributed by atoms with Crippen LogP contribution in [-0.4, -0.2) is 35.5 Å². The number of likely N-dealkylation sites (tertiary alicyclic amines) is 1. The van der Waals surface area contributed by atoms with Crippen LogP contribution in [0.1, 0.15) is 35.4 Å². The van der Waals surface area contributed by atoms with E-state index in [9.17, 15) is 4.79 Å². The Kier molecular flexibility index (Phi) is 5.38. The van der Waals surface area contributed by atoms with Crippen LogP contribution >= 0.6 is 0 Å². The smallest absolute Gasteiger partial charge is 0.237 e. The van der Waals surface area contributed by atoms with E-state index in [0.29, 0.717) is 13.1 Å². The molecule has 0 bridgehead atoms. The molecule has 25 heavy (non-hydrogen) atoms. The molecule has 2 aromatic heterocycles. The summed E-state index contributed by atoms with van der Waals surface area (Å²) in [7, 11) is 1.68. The van der Waals surface area contributed by atoms with Gasteiger partial charge in [0.2, 0.25) is 5.91 Å². The fraction of sp³-hybridized carbons (Fsp3) is 0.474. The third-order valence-electron chi connectivity index (χ3n) is 4.79. The Hall–Kier alpha value is -2.34. The summed E-state index contributed by atoms with van der Waals surface area (Å²) < 4.78 is 10.8.